The monoisotopic (exact) mass is 252 g/mol. The van der Waals surface area contributed by atoms with Crippen LogP contribution in [0.4, 0.5) is 15.8 Å². The Morgan fingerprint density at radius 1 is 1.56 bits per heavy atom. The highest BCUT2D eigenvalue weighted by atomic mass is 19.1. The summed E-state index contributed by atoms with van der Waals surface area (Å²) in [6, 6.07) is 3.09. The highest BCUT2D eigenvalue weighted by molar-refractivity contribution is 5.69. The number of rotatable bonds is 7. The van der Waals surface area contributed by atoms with Gasteiger partial charge in [-0.15, -0.1) is 6.58 Å². The zero-order valence-electron chi connectivity index (χ0n) is 11.0. The molecule has 1 rings (SSSR count). The molecule has 3 nitrogen and oxygen atoms in total. The lowest BCUT2D eigenvalue weighted by molar-refractivity contribution is 0.301. The van der Waals surface area contributed by atoms with Crippen molar-refractivity contribution >= 4 is 11.4 Å². The van der Waals surface area contributed by atoms with Gasteiger partial charge in [-0.1, -0.05) is 13.0 Å². The van der Waals surface area contributed by atoms with E-state index in [9.17, 15) is 4.39 Å². The number of hydrogen-bond acceptors (Lipinski definition) is 3. The summed E-state index contributed by atoms with van der Waals surface area (Å²) in [5.74, 6) is -0.192. The third kappa shape index (κ3) is 3.95. The van der Waals surface area contributed by atoms with Crippen LogP contribution in [0.25, 0.3) is 0 Å². The Labute approximate surface area is 108 Å². The molecule has 0 bridgehead atoms. The highest BCUT2D eigenvalue weighted by Gasteiger charge is 2.10. The zero-order valence-corrected chi connectivity index (χ0v) is 11.0. The van der Waals surface area contributed by atoms with Gasteiger partial charge in [-0.3, -0.25) is 0 Å². The van der Waals surface area contributed by atoms with Gasteiger partial charge in [-0.25, -0.2) is 4.39 Å². The minimum Gasteiger partial charge on any atom is -0.490 e. The number of benzene rings is 1. The van der Waals surface area contributed by atoms with Gasteiger partial charge >= 0.3 is 0 Å². The first-order valence-corrected chi connectivity index (χ1v) is 6.17. The van der Waals surface area contributed by atoms with Crippen molar-refractivity contribution in [2.45, 2.75) is 32.7 Å². The smallest absolute Gasteiger partial charge is 0.167 e. The fraction of sp³-hybridized carbons (Fsp3) is 0.429. The maximum atomic E-state index is 13.6. The molecular formula is C14H21FN2O. The normalized spacial score (nSPS) is 11.9. The molecule has 0 aliphatic carbocycles. The standard InChI is InChI=1S/C14H21FN2O/c1-4-6-10(3)17-13-9-14(18-7-5-2)11(15)8-12(13)16/h4,8-10,17H,1,5-7,16H2,2-3H3. The number of nitrogens with one attached hydrogen (secondary N) is 1. The van der Waals surface area contributed by atoms with E-state index in [2.05, 4.69) is 11.9 Å². The van der Waals surface area contributed by atoms with Gasteiger partial charge in [0, 0.05) is 18.2 Å². The third-order valence-electron chi connectivity index (χ3n) is 2.49. The van der Waals surface area contributed by atoms with Gasteiger partial charge in [-0.2, -0.15) is 0 Å². The van der Waals surface area contributed by atoms with Crippen LogP contribution in [0.5, 0.6) is 5.75 Å². The molecule has 0 aliphatic rings. The Balaban J connectivity index is 2.86. The summed E-state index contributed by atoms with van der Waals surface area (Å²) in [7, 11) is 0. The van der Waals surface area contributed by atoms with E-state index in [1.165, 1.54) is 6.07 Å². The van der Waals surface area contributed by atoms with Crippen LogP contribution < -0.4 is 15.8 Å². The molecule has 0 aliphatic heterocycles. The van der Waals surface area contributed by atoms with E-state index in [1.807, 2.05) is 19.9 Å². The molecule has 0 saturated heterocycles. The van der Waals surface area contributed by atoms with Gasteiger partial charge < -0.3 is 15.8 Å². The van der Waals surface area contributed by atoms with E-state index >= 15 is 0 Å². The molecule has 1 unspecified atom stereocenters. The summed E-state index contributed by atoms with van der Waals surface area (Å²) in [6.45, 7) is 8.15. The Bertz CT molecular complexity index is 407. The van der Waals surface area contributed by atoms with Crippen LogP contribution in [-0.2, 0) is 0 Å². The van der Waals surface area contributed by atoms with E-state index in [0.29, 0.717) is 18.0 Å². The first-order chi connectivity index (χ1) is 8.58. The Hall–Kier alpha value is -1.71. The van der Waals surface area contributed by atoms with E-state index in [1.54, 1.807) is 6.07 Å². The zero-order chi connectivity index (χ0) is 13.5. The molecule has 3 N–H and O–H groups in total. The Morgan fingerprint density at radius 3 is 2.89 bits per heavy atom. The van der Waals surface area contributed by atoms with Crippen molar-refractivity contribution in [2.24, 2.45) is 0 Å². The van der Waals surface area contributed by atoms with Crippen LogP contribution in [0.15, 0.2) is 24.8 Å². The Kier molecular flexibility index (Phi) is 5.49. The maximum absolute atomic E-state index is 13.6. The quantitative estimate of drug-likeness (QED) is 0.576. The molecule has 0 radical (unpaired) electrons. The predicted octanol–water partition coefficient (Wildman–Crippen LogP) is 3.57. The van der Waals surface area contributed by atoms with Crippen LogP contribution in [0.1, 0.15) is 26.7 Å². The number of ether oxygens (including phenoxy) is 1. The lowest BCUT2D eigenvalue weighted by Gasteiger charge is -2.17. The summed E-state index contributed by atoms with van der Waals surface area (Å²) >= 11 is 0. The highest BCUT2D eigenvalue weighted by Crippen LogP contribution is 2.29. The molecule has 0 heterocycles. The van der Waals surface area contributed by atoms with E-state index in [0.717, 1.165) is 12.8 Å². The number of hydrogen-bond donors (Lipinski definition) is 2. The number of nitrogen functional groups attached to an aromatic ring is 1. The fourth-order valence-electron chi connectivity index (χ4n) is 1.59. The van der Waals surface area contributed by atoms with Crippen molar-refractivity contribution < 1.29 is 9.13 Å². The predicted molar refractivity (Wildman–Crippen MR) is 74.5 cm³/mol. The molecular weight excluding hydrogens is 231 g/mol. The van der Waals surface area contributed by atoms with Crippen LogP contribution in [0, 0.1) is 5.82 Å². The molecule has 18 heavy (non-hydrogen) atoms. The fourth-order valence-corrected chi connectivity index (χ4v) is 1.59. The first kappa shape index (κ1) is 14.4. The van der Waals surface area contributed by atoms with Crippen LogP contribution in [0.3, 0.4) is 0 Å². The van der Waals surface area contributed by atoms with Crippen LogP contribution in [0.2, 0.25) is 0 Å². The molecule has 0 amide bonds. The SMILES string of the molecule is C=CCC(C)Nc1cc(OCCC)c(F)cc1N. The molecule has 100 valence electrons. The number of anilines is 2. The van der Waals surface area contributed by atoms with Crippen molar-refractivity contribution in [1.82, 2.24) is 0 Å². The topological polar surface area (TPSA) is 47.3 Å². The average Bonchev–Trinajstić information content (AvgIpc) is 2.31. The van der Waals surface area contributed by atoms with E-state index in [4.69, 9.17) is 10.5 Å². The molecule has 0 aromatic heterocycles. The minimum atomic E-state index is -0.428. The van der Waals surface area contributed by atoms with Gasteiger partial charge in [0.2, 0.25) is 0 Å². The van der Waals surface area contributed by atoms with Gasteiger partial charge in [0.15, 0.2) is 11.6 Å². The van der Waals surface area contributed by atoms with Crippen molar-refractivity contribution in [1.29, 1.82) is 0 Å². The molecule has 0 saturated carbocycles. The maximum Gasteiger partial charge on any atom is 0.167 e. The second-order valence-corrected chi connectivity index (χ2v) is 4.29. The van der Waals surface area contributed by atoms with E-state index < -0.39 is 5.82 Å². The molecule has 0 fully saturated rings. The van der Waals surface area contributed by atoms with Gasteiger partial charge in [0.05, 0.1) is 18.0 Å². The van der Waals surface area contributed by atoms with E-state index in [-0.39, 0.29) is 11.8 Å². The molecule has 1 aromatic carbocycles. The Morgan fingerprint density at radius 2 is 2.28 bits per heavy atom. The average molecular weight is 252 g/mol. The molecule has 1 atom stereocenters. The van der Waals surface area contributed by atoms with Crippen molar-refractivity contribution in [3.05, 3.63) is 30.6 Å². The summed E-state index contributed by atoms with van der Waals surface area (Å²) < 4.78 is 18.9. The largest absolute Gasteiger partial charge is 0.490 e. The van der Waals surface area contributed by atoms with Crippen molar-refractivity contribution in [3.8, 4) is 5.75 Å². The molecule has 1 aromatic rings. The number of halogens is 1. The minimum absolute atomic E-state index is 0.189. The number of nitrogens with two attached hydrogens (primary N) is 1. The van der Waals surface area contributed by atoms with Gasteiger partial charge in [0.25, 0.3) is 0 Å². The van der Waals surface area contributed by atoms with Crippen LogP contribution >= 0.6 is 0 Å². The second kappa shape index (κ2) is 6.89. The summed E-state index contributed by atoms with van der Waals surface area (Å²) in [4.78, 5) is 0. The molecule has 4 heteroatoms. The third-order valence-corrected chi connectivity index (χ3v) is 2.49. The molecule has 0 spiro atoms. The van der Waals surface area contributed by atoms with Crippen LogP contribution in [-0.4, -0.2) is 12.6 Å². The van der Waals surface area contributed by atoms with Crippen molar-refractivity contribution in [2.75, 3.05) is 17.7 Å². The first-order valence-electron chi connectivity index (χ1n) is 6.17. The summed E-state index contributed by atoms with van der Waals surface area (Å²) in [5.41, 5.74) is 6.85. The lowest BCUT2D eigenvalue weighted by atomic mass is 10.2. The summed E-state index contributed by atoms with van der Waals surface area (Å²) in [6.07, 6.45) is 3.47. The van der Waals surface area contributed by atoms with Gasteiger partial charge in [0.1, 0.15) is 0 Å². The summed E-state index contributed by atoms with van der Waals surface area (Å²) in [5, 5.41) is 3.21. The van der Waals surface area contributed by atoms with Crippen molar-refractivity contribution in [3.63, 3.8) is 0 Å². The second-order valence-electron chi connectivity index (χ2n) is 4.29. The lowest BCUT2D eigenvalue weighted by Crippen LogP contribution is -2.15. The van der Waals surface area contributed by atoms with Gasteiger partial charge in [-0.05, 0) is 19.8 Å².